The second kappa shape index (κ2) is 10.3. The van der Waals surface area contributed by atoms with E-state index in [0.29, 0.717) is 13.1 Å². The van der Waals surface area contributed by atoms with Crippen LogP contribution >= 0.6 is 0 Å². The van der Waals surface area contributed by atoms with E-state index in [4.69, 9.17) is 0 Å². The van der Waals surface area contributed by atoms with Crippen molar-refractivity contribution in [1.82, 2.24) is 9.80 Å². The lowest BCUT2D eigenvalue weighted by atomic mass is 9.84. The van der Waals surface area contributed by atoms with Crippen LogP contribution < -0.4 is 4.90 Å². The molecule has 1 amide bonds. The number of alkyl halides is 3. The van der Waals surface area contributed by atoms with Crippen molar-refractivity contribution < 1.29 is 22.7 Å². The predicted octanol–water partition coefficient (Wildman–Crippen LogP) is 5.89. The molecule has 3 fully saturated rings. The number of rotatable bonds is 4. The van der Waals surface area contributed by atoms with Crippen LogP contribution in [0.3, 0.4) is 0 Å². The van der Waals surface area contributed by atoms with Crippen LogP contribution in [0.4, 0.5) is 23.7 Å². The summed E-state index contributed by atoms with van der Waals surface area (Å²) >= 11 is 0. The van der Waals surface area contributed by atoms with E-state index in [9.17, 15) is 18.0 Å². The molecule has 1 unspecified atom stereocenters. The average Bonchev–Trinajstić information content (AvgIpc) is 2.99. The second-order valence-electron chi connectivity index (χ2n) is 10.3. The Balaban J connectivity index is 1.42. The van der Waals surface area contributed by atoms with Gasteiger partial charge in [0.2, 0.25) is 0 Å². The average molecular weight is 482 g/mol. The zero-order valence-electron chi connectivity index (χ0n) is 20.5. The van der Waals surface area contributed by atoms with E-state index >= 15 is 0 Å². The van der Waals surface area contributed by atoms with Gasteiger partial charge in [0, 0.05) is 44.0 Å². The highest BCUT2D eigenvalue weighted by molar-refractivity contribution is 5.68. The number of hydrogen-bond acceptors (Lipinski definition) is 4. The lowest BCUT2D eigenvalue weighted by Gasteiger charge is -2.45. The van der Waals surface area contributed by atoms with Gasteiger partial charge in [0.05, 0.1) is 0 Å². The molecule has 0 aromatic heterocycles. The second-order valence-corrected chi connectivity index (χ2v) is 10.3. The van der Waals surface area contributed by atoms with Gasteiger partial charge in [0.25, 0.3) is 0 Å². The highest BCUT2D eigenvalue weighted by Gasteiger charge is 2.45. The molecule has 3 heterocycles. The minimum absolute atomic E-state index is 0.00731. The van der Waals surface area contributed by atoms with Crippen molar-refractivity contribution in [3.63, 3.8) is 0 Å². The fourth-order valence-corrected chi connectivity index (χ4v) is 5.82. The molecule has 0 saturated carbocycles. The van der Waals surface area contributed by atoms with Gasteiger partial charge in [-0.1, -0.05) is 25.0 Å². The first kappa shape index (κ1) is 25.1. The summed E-state index contributed by atoms with van der Waals surface area (Å²) in [5.41, 5.74) is 3.99. The monoisotopic (exact) mass is 481 g/mol. The van der Waals surface area contributed by atoms with Crippen molar-refractivity contribution in [2.24, 2.45) is 0 Å². The number of likely N-dealkylation sites (tertiary alicyclic amines) is 2. The van der Waals surface area contributed by atoms with Gasteiger partial charge in [-0.05, 0) is 76.1 Å². The van der Waals surface area contributed by atoms with Crippen LogP contribution in [0.15, 0.2) is 18.2 Å². The van der Waals surface area contributed by atoms with Gasteiger partial charge in [0.1, 0.15) is 0 Å². The molecule has 3 saturated heterocycles. The molecule has 0 radical (unpaired) electrons. The molecule has 0 bridgehead atoms. The number of hydrogen-bond donors (Lipinski definition) is 0. The first-order valence-electron chi connectivity index (χ1n) is 12.8. The molecule has 8 heteroatoms. The molecular weight excluding hydrogens is 443 g/mol. The number of aryl methyl sites for hydroxylation is 1. The molecule has 0 N–H and O–H groups in total. The van der Waals surface area contributed by atoms with E-state index in [1.54, 1.807) is 0 Å². The third kappa shape index (κ3) is 5.64. The van der Waals surface area contributed by atoms with Gasteiger partial charge in [-0.15, -0.1) is 0 Å². The summed E-state index contributed by atoms with van der Waals surface area (Å²) in [4.78, 5) is 18.9. The summed E-state index contributed by atoms with van der Waals surface area (Å²) in [7, 11) is 0. The van der Waals surface area contributed by atoms with E-state index < -0.39 is 18.4 Å². The number of halogens is 3. The molecule has 34 heavy (non-hydrogen) atoms. The van der Waals surface area contributed by atoms with Gasteiger partial charge >= 0.3 is 12.3 Å². The Labute approximate surface area is 201 Å². The standard InChI is InChI=1S/C26H38F3N3O2/c1-20-8-9-22(23(18-20)30-13-5-3-4-6-14-30)19-32-15-7-10-25(32)11-16-31(17-12-25)24(33)34-21(2)26(27,28)29/h8-9,18,21H,3-7,10-17,19H2,1-2H3. The van der Waals surface area contributed by atoms with E-state index in [2.05, 4.69) is 39.7 Å². The van der Waals surface area contributed by atoms with Crippen molar-refractivity contribution in [1.29, 1.82) is 0 Å². The Kier molecular flexibility index (Phi) is 7.65. The zero-order chi connectivity index (χ0) is 24.3. The van der Waals surface area contributed by atoms with Crippen LogP contribution in [0, 0.1) is 6.92 Å². The smallest absolute Gasteiger partial charge is 0.425 e. The van der Waals surface area contributed by atoms with E-state index in [1.165, 1.54) is 47.4 Å². The number of benzene rings is 1. The van der Waals surface area contributed by atoms with Crippen LogP contribution in [0.5, 0.6) is 0 Å². The Morgan fingerprint density at radius 1 is 1.00 bits per heavy atom. The van der Waals surface area contributed by atoms with Gasteiger partial charge in [-0.25, -0.2) is 4.79 Å². The number of carbonyl (C=O) groups excluding carboxylic acids is 1. The summed E-state index contributed by atoms with van der Waals surface area (Å²) in [6.07, 6.45) is 1.32. The molecule has 1 aromatic rings. The third-order valence-electron chi connectivity index (χ3n) is 7.98. The van der Waals surface area contributed by atoms with Crippen LogP contribution in [0.1, 0.15) is 69.4 Å². The quantitative estimate of drug-likeness (QED) is 0.537. The van der Waals surface area contributed by atoms with Gasteiger partial charge < -0.3 is 14.5 Å². The number of anilines is 1. The van der Waals surface area contributed by atoms with Crippen LogP contribution in [-0.4, -0.2) is 66.4 Å². The fourth-order valence-electron chi connectivity index (χ4n) is 5.82. The zero-order valence-corrected chi connectivity index (χ0v) is 20.5. The molecule has 3 aliphatic heterocycles. The van der Waals surface area contributed by atoms with Crippen LogP contribution in [-0.2, 0) is 11.3 Å². The molecule has 5 nitrogen and oxygen atoms in total. The predicted molar refractivity (Wildman–Crippen MR) is 127 cm³/mol. The molecule has 1 atom stereocenters. The molecule has 190 valence electrons. The van der Waals surface area contributed by atoms with Crippen molar-refractivity contribution in [3.8, 4) is 0 Å². The number of ether oxygens (including phenoxy) is 1. The van der Waals surface area contributed by atoms with Gasteiger partial charge in [0.15, 0.2) is 6.10 Å². The van der Waals surface area contributed by atoms with Crippen molar-refractivity contribution in [3.05, 3.63) is 29.3 Å². The molecule has 1 aromatic carbocycles. The first-order chi connectivity index (χ1) is 16.2. The SMILES string of the molecule is Cc1ccc(CN2CCCC23CCN(C(=O)OC(C)C(F)(F)F)CC3)c(N2CCCCCC2)c1. The summed E-state index contributed by atoms with van der Waals surface area (Å²) in [6, 6.07) is 6.79. The van der Waals surface area contributed by atoms with E-state index in [1.807, 2.05) is 0 Å². The molecular formula is C26H38F3N3O2. The number of amides is 1. The first-order valence-corrected chi connectivity index (χ1v) is 12.8. The van der Waals surface area contributed by atoms with E-state index in [-0.39, 0.29) is 5.54 Å². The van der Waals surface area contributed by atoms with Crippen molar-refractivity contribution >= 4 is 11.8 Å². The fraction of sp³-hybridized carbons (Fsp3) is 0.731. The molecule has 0 aliphatic carbocycles. The highest BCUT2D eigenvalue weighted by Crippen LogP contribution is 2.41. The minimum atomic E-state index is -4.53. The maximum Gasteiger partial charge on any atom is 0.425 e. The van der Waals surface area contributed by atoms with Gasteiger partial charge in [-0.3, -0.25) is 4.90 Å². The summed E-state index contributed by atoms with van der Waals surface area (Å²) < 4.78 is 43.0. The lowest BCUT2D eigenvalue weighted by Crippen LogP contribution is -2.53. The lowest BCUT2D eigenvalue weighted by molar-refractivity contribution is -0.200. The van der Waals surface area contributed by atoms with Crippen LogP contribution in [0.2, 0.25) is 0 Å². The Hall–Kier alpha value is -1.96. The van der Waals surface area contributed by atoms with Crippen LogP contribution in [0.25, 0.3) is 0 Å². The number of piperidine rings is 1. The number of carbonyl (C=O) groups is 1. The summed E-state index contributed by atoms with van der Waals surface area (Å²) in [6.45, 7) is 8.01. The normalized spacial score (nSPS) is 22.6. The molecule has 4 rings (SSSR count). The molecule has 1 spiro atoms. The topological polar surface area (TPSA) is 36.0 Å². The Bertz CT molecular complexity index is 844. The van der Waals surface area contributed by atoms with Gasteiger partial charge in [-0.2, -0.15) is 13.2 Å². The summed E-state index contributed by atoms with van der Waals surface area (Å²) in [5, 5.41) is 0. The van der Waals surface area contributed by atoms with Crippen molar-refractivity contribution in [2.45, 2.75) is 89.6 Å². The van der Waals surface area contributed by atoms with E-state index in [0.717, 1.165) is 58.8 Å². The largest absolute Gasteiger partial charge is 0.437 e. The molecule has 3 aliphatic rings. The maximum absolute atomic E-state index is 12.8. The highest BCUT2D eigenvalue weighted by atomic mass is 19.4. The summed E-state index contributed by atoms with van der Waals surface area (Å²) in [5.74, 6) is 0. The minimum Gasteiger partial charge on any atom is -0.437 e. The Morgan fingerprint density at radius 3 is 2.32 bits per heavy atom. The maximum atomic E-state index is 12.8. The Morgan fingerprint density at radius 2 is 1.68 bits per heavy atom. The third-order valence-corrected chi connectivity index (χ3v) is 7.98. The van der Waals surface area contributed by atoms with Crippen molar-refractivity contribution in [2.75, 3.05) is 37.6 Å². The number of nitrogens with zero attached hydrogens (tertiary/aromatic N) is 3.